The monoisotopic (exact) mass is 224 g/mol. The molecule has 1 aromatic heterocycles. The standard InChI is InChI=1S/C10H16N4O2/c1-3-5-12-10-7-8(14(15)16)6-9(13-10)11-4-2/h6-7H,3-5H2,1-2H3,(H2,11,12,13). The highest BCUT2D eigenvalue weighted by atomic mass is 16.6. The fourth-order valence-electron chi connectivity index (χ4n) is 1.24. The number of nitrogens with one attached hydrogen (secondary N) is 2. The molecule has 0 saturated carbocycles. The van der Waals surface area contributed by atoms with Crippen molar-refractivity contribution in [3.8, 4) is 0 Å². The number of anilines is 2. The Labute approximate surface area is 94.2 Å². The van der Waals surface area contributed by atoms with Crippen LogP contribution in [0.3, 0.4) is 0 Å². The van der Waals surface area contributed by atoms with Crippen LogP contribution in [0.25, 0.3) is 0 Å². The molecule has 16 heavy (non-hydrogen) atoms. The highest BCUT2D eigenvalue weighted by Gasteiger charge is 2.10. The topological polar surface area (TPSA) is 80.1 Å². The van der Waals surface area contributed by atoms with E-state index in [2.05, 4.69) is 15.6 Å². The first-order chi connectivity index (χ1) is 7.67. The van der Waals surface area contributed by atoms with Crippen molar-refractivity contribution in [1.82, 2.24) is 4.98 Å². The van der Waals surface area contributed by atoms with Crippen LogP contribution < -0.4 is 10.6 Å². The van der Waals surface area contributed by atoms with Gasteiger partial charge in [0.15, 0.2) is 0 Å². The van der Waals surface area contributed by atoms with E-state index in [1.54, 1.807) is 0 Å². The van der Waals surface area contributed by atoms with Crippen LogP contribution in [0.15, 0.2) is 12.1 Å². The molecule has 0 aliphatic heterocycles. The van der Waals surface area contributed by atoms with Gasteiger partial charge in [-0.2, -0.15) is 0 Å². The van der Waals surface area contributed by atoms with Gasteiger partial charge in [0.25, 0.3) is 5.69 Å². The predicted octanol–water partition coefficient (Wildman–Crippen LogP) is 2.24. The van der Waals surface area contributed by atoms with E-state index in [4.69, 9.17) is 0 Å². The maximum atomic E-state index is 10.7. The second kappa shape index (κ2) is 5.89. The van der Waals surface area contributed by atoms with Crippen molar-refractivity contribution >= 4 is 17.3 Å². The molecule has 0 unspecified atom stereocenters. The molecule has 6 heteroatoms. The molecule has 0 spiro atoms. The zero-order chi connectivity index (χ0) is 12.0. The van der Waals surface area contributed by atoms with E-state index < -0.39 is 4.92 Å². The quantitative estimate of drug-likeness (QED) is 0.572. The summed E-state index contributed by atoms with van der Waals surface area (Å²) in [5, 5.41) is 16.7. The highest BCUT2D eigenvalue weighted by molar-refractivity contribution is 5.54. The first-order valence-electron chi connectivity index (χ1n) is 5.31. The van der Waals surface area contributed by atoms with Gasteiger partial charge in [-0.25, -0.2) is 4.98 Å². The number of hydrogen-bond acceptors (Lipinski definition) is 5. The normalized spacial score (nSPS) is 9.88. The summed E-state index contributed by atoms with van der Waals surface area (Å²) >= 11 is 0. The molecule has 1 heterocycles. The Morgan fingerprint density at radius 3 is 2.44 bits per heavy atom. The number of pyridine rings is 1. The van der Waals surface area contributed by atoms with Gasteiger partial charge in [-0.05, 0) is 13.3 Å². The van der Waals surface area contributed by atoms with E-state index in [1.165, 1.54) is 12.1 Å². The largest absolute Gasteiger partial charge is 0.370 e. The Balaban J connectivity index is 2.93. The summed E-state index contributed by atoms with van der Waals surface area (Å²) in [7, 11) is 0. The number of nitro groups is 1. The van der Waals surface area contributed by atoms with Crippen LogP contribution >= 0.6 is 0 Å². The lowest BCUT2D eigenvalue weighted by Crippen LogP contribution is -2.06. The maximum absolute atomic E-state index is 10.7. The molecule has 88 valence electrons. The van der Waals surface area contributed by atoms with Crippen molar-refractivity contribution < 1.29 is 4.92 Å². The molecule has 0 aliphatic carbocycles. The molecule has 0 saturated heterocycles. The Kier molecular flexibility index (Phi) is 4.50. The fraction of sp³-hybridized carbons (Fsp3) is 0.500. The SMILES string of the molecule is CCCNc1cc([N+](=O)[O-])cc(NCC)n1. The molecule has 0 bridgehead atoms. The summed E-state index contributed by atoms with van der Waals surface area (Å²) in [6.45, 7) is 5.37. The van der Waals surface area contributed by atoms with Gasteiger partial charge in [-0.15, -0.1) is 0 Å². The molecule has 0 amide bonds. The molecule has 0 fully saturated rings. The molecule has 0 atom stereocenters. The number of nitrogens with zero attached hydrogens (tertiary/aromatic N) is 2. The zero-order valence-electron chi connectivity index (χ0n) is 9.49. The van der Waals surface area contributed by atoms with Crippen molar-refractivity contribution in [2.75, 3.05) is 23.7 Å². The lowest BCUT2D eigenvalue weighted by Gasteiger charge is -2.07. The summed E-state index contributed by atoms with van der Waals surface area (Å²) in [6, 6.07) is 2.87. The first kappa shape index (κ1) is 12.2. The Morgan fingerprint density at radius 1 is 1.31 bits per heavy atom. The van der Waals surface area contributed by atoms with Crippen LogP contribution in [0.4, 0.5) is 17.3 Å². The molecule has 0 aliphatic rings. The Morgan fingerprint density at radius 2 is 1.94 bits per heavy atom. The molecule has 1 rings (SSSR count). The molecular formula is C10H16N4O2. The third-order valence-corrected chi connectivity index (χ3v) is 1.93. The van der Waals surface area contributed by atoms with Crippen LogP contribution in [0.2, 0.25) is 0 Å². The van der Waals surface area contributed by atoms with Crippen molar-refractivity contribution in [2.24, 2.45) is 0 Å². The maximum Gasteiger partial charge on any atom is 0.276 e. The van der Waals surface area contributed by atoms with E-state index in [0.29, 0.717) is 18.2 Å². The molecular weight excluding hydrogens is 208 g/mol. The van der Waals surface area contributed by atoms with Crippen LogP contribution in [-0.2, 0) is 0 Å². The average molecular weight is 224 g/mol. The highest BCUT2D eigenvalue weighted by Crippen LogP contribution is 2.20. The zero-order valence-corrected chi connectivity index (χ0v) is 9.49. The second-order valence-corrected chi connectivity index (χ2v) is 3.31. The Hall–Kier alpha value is -1.85. The van der Waals surface area contributed by atoms with Crippen molar-refractivity contribution in [3.05, 3.63) is 22.2 Å². The van der Waals surface area contributed by atoms with Gasteiger partial charge in [0.05, 0.1) is 17.1 Å². The molecule has 0 radical (unpaired) electrons. The minimum Gasteiger partial charge on any atom is -0.370 e. The number of aromatic nitrogens is 1. The molecule has 1 aromatic rings. The summed E-state index contributed by atoms with van der Waals surface area (Å²) in [6.07, 6.45) is 0.945. The van der Waals surface area contributed by atoms with Crippen LogP contribution in [0.5, 0.6) is 0 Å². The first-order valence-corrected chi connectivity index (χ1v) is 5.31. The predicted molar refractivity (Wildman–Crippen MR) is 63.8 cm³/mol. The lowest BCUT2D eigenvalue weighted by molar-refractivity contribution is -0.384. The van der Waals surface area contributed by atoms with Gasteiger partial charge < -0.3 is 10.6 Å². The minimum absolute atomic E-state index is 0.0459. The van der Waals surface area contributed by atoms with Gasteiger partial charge in [0.1, 0.15) is 11.6 Å². The lowest BCUT2D eigenvalue weighted by atomic mass is 10.3. The van der Waals surface area contributed by atoms with E-state index in [9.17, 15) is 10.1 Å². The van der Waals surface area contributed by atoms with E-state index in [1.807, 2.05) is 13.8 Å². The molecule has 0 aromatic carbocycles. The summed E-state index contributed by atoms with van der Waals surface area (Å²) in [4.78, 5) is 14.5. The van der Waals surface area contributed by atoms with E-state index in [-0.39, 0.29) is 5.69 Å². The van der Waals surface area contributed by atoms with Crippen LogP contribution in [-0.4, -0.2) is 23.0 Å². The smallest absolute Gasteiger partial charge is 0.276 e. The second-order valence-electron chi connectivity index (χ2n) is 3.31. The number of hydrogen-bond donors (Lipinski definition) is 2. The van der Waals surface area contributed by atoms with Gasteiger partial charge in [-0.3, -0.25) is 10.1 Å². The molecule has 2 N–H and O–H groups in total. The fourth-order valence-corrected chi connectivity index (χ4v) is 1.24. The van der Waals surface area contributed by atoms with Crippen LogP contribution in [0.1, 0.15) is 20.3 Å². The average Bonchev–Trinajstić information content (AvgIpc) is 2.26. The third kappa shape index (κ3) is 3.38. The third-order valence-electron chi connectivity index (χ3n) is 1.93. The van der Waals surface area contributed by atoms with Gasteiger partial charge in [0.2, 0.25) is 0 Å². The Bertz CT molecular complexity index is 368. The van der Waals surface area contributed by atoms with Crippen molar-refractivity contribution in [3.63, 3.8) is 0 Å². The van der Waals surface area contributed by atoms with Gasteiger partial charge in [0, 0.05) is 13.1 Å². The van der Waals surface area contributed by atoms with Crippen molar-refractivity contribution in [2.45, 2.75) is 20.3 Å². The van der Waals surface area contributed by atoms with E-state index in [0.717, 1.165) is 13.0 Å². The van der Waals surface area contributed by atoms with Gasteiger partial charge >= 0.3 is 0 Å². The van der Waals surface area contributed by atoms with Gasteiger partial charge in [-0.1, -0.05) is 6.92 Å². The number of rotatable bonds is 6. The summed E-state index contributed by atoms with van der Waals surface area (Å²) < 4.78 is 0. The summed E-state index contributed by atoms with van der Waals surface area (Å²) in [5.41, 5.74) is 0.0459. The summed E-state index contributed by atoms with van der Waals surface area (Å²) in [5.74, 6) is 1.06. The van der Waals surface area contributed by atoms with E-state index >= 15 is 0 Å². The van der Waals surface area contributed by atoms with Crippen molar-refractivity contribution in [1.29, 1.82) is 0 Å². The van der Waals surface area contributed by atoms with Crippen LogP contribution in [0, 0.1) is 10.1 Å². The minimum atomic E-state index is -0.417. The molecule has 6 nitrogen and oxygen atoms in total.